The van der Waals surface area contributed by atoms with Crippen LogP contribution in [0.15, 0.2) is 48.5 Å². The number of benzene rings is 2. The topological polar surface area (TPSA) is 47.6 Å². The molecule has 0 bridgehead atoms. The minimum absolute atomic E-state index is 0.174. The molecule has 21 heavy (non-hydrogen) atoms. The van der Waals surface area contributed by atoms with Crippen LogP contribution in [0.3, 0.4) is 0 Å². The van der Waals surface area contributed by atoms with E-state index in [1.807, 2.05) is 48.5 Å². The van der Waals surface area contributed by atoms with Crippen molar-refractivity contribution in [2.75, 3.05) is 19.0 Å². The van der Waals surface area contributed by atoms with Crippen molar-refractivity contribution in [3.63, 3.8) is 0 Å². The molecule has 0 aliphatic carbocycles. The smallest absolute Gasteiger partial charge is 0.258 e. The van der Waals surface area contributed by atoms with Crippen LogP contribution in [0.5, 0.6) is 5.75 Å². The molecule has 0 aromatic heterocycles. The molecule has 108 valence electrons. The highest BCUT2D eigenvalue weighted by molar-refractivity contribution is 5.96. The Morgan fingerprint density at radius 3 is 2.81 bits per heavy atom. The van der Waals surface area contributed by atoms with Crippen molar-refractivity contribution in [3.8, 4) is 5.75 Å². The van der Waals surface area contributed by atoms with Gasteiger partial charge in [0.05, 0.1) is 19.4 Å². The van der Waals surface area contributed by atoms with Gasteiger partial charge in [-0.25, -0.2) is 0 Å². The first-order chi connectivity index (χ1) is 10.3. The van der Waals surface area contributed by atoms with Gasteiger partial charge in [-0.15, -0.1) is 0 Å². The van der Waals surface area contributed by atoms with Gasteiger partial charge in [0.2, 0.25) is 0 Å². The number of methoxy groups -OCH3 is 1. The number of para-hydroxylation sites is 2. The second kappa shape index (κ2) is 5.97. The van der Waals surface area contributed by atoms with Crippen molar-refractivity contribution in [1.82, 2.24) is 0 Å². The molecule has 1 aliphatic heterocycles. The summed E-state index contributed by atoms with van der Waals surface area (Å²) in [5.74, 6) is 0.460. The fraction of sp³-hybridized carbons (Fsp3) is 0.235. The zero-order chi connectivity index (χ0) is 14.7. The summed E-state index contributed by atoms with van der Waals surface area (Å²) >= 11 is 0. The molecular weight excluding hydrogens is 266 g/mol. The normalized spacial score (nSPS) is 16.9. The molecule has 1 aliphatic rings. The van der Waals surface area contributed by atoms with Crippen LogP contribution < -0.4 is 10.1 Å². The van der Waals surface area contributed by atoms with E-state index in [0.717, 1.165) is 12.0 Å². The highest BCUT2D eigenvalue weighted by Gasteiger charge is 2.27. The molecule has 0 spiro atoms. The lowest BCUT2D eigenvalue weighted by Crippen LogP contribution is -2.28. The summed E-state index contributed by atoms with van der Waals surface area (Å²) in [7, 11) is 1.58. The lowest BCUT2D eigenvalue weighted by Gasteiger charge is -2.25. The molecular formula is C17H17NO3. The lowest BCUT2D eigenvalue weighted by atomic mass is 9.97. The summed E-state index contributed by atoms with van der Waals surface area (Å²) in [5, 5.41) is 2.88. The Bertz CT molecular complexity index is 654. The molecule has 1 unspecified atom stereocenters. The monoisotopic (exact) mass is 283 g/mol. The van der Waals surface area contributed by atoms with Gasteiger partial charge in [-0.3, -0.25) is 4.79 Å². The van der Waals surface area contributed by atoms with Crippen molar-refractivity contribution < 1.29 is 14.3 Å². The summed E-state index contributed by atoms with van der Waals surface area (Å²) in [5.41, 5.74) is 2.76. The Labute approximate surface area is 123 Å². The summed E-state index contributed by atoms with van der Waals surface area (Å²) in [6.07, 6.45) is 0.272. The Kier molecular flexibility index (Phi) is 3.88. The zero-order valence-corrected chi connectivity index (χ0v) is 11.8. The first-order valence-corrected chi connectivity index (χ1v) is 6.93. The Morgan fingerprint density at radius 2 is 1.95 bits per heavy atom. The number of nitrogens with one attached hydrogen (secondary N) is 1. The standard InChI is InChI=1S/C17H17NO3/c1-20-15-9-5-4-8-14(15)18-17(19)16-13-7-3-2-6-12(13)10-11-21-16/h2-9,16H,10-11H2,1H3,(H,18,19). The maximum atomic E-state index is 12.5. The molecule has 4 nitrogen and oxygen atoms in total. The molecule has 2 aromatic rings. The number of ether oxygens (including phenoxy) is 2. The Hall–Kier alpha value is -2.33. The van der Waals surface area contributed by atoms with Crippen molar-refractivity contribution in [1.29, 1.82) is 0 Å². The molecule has 1 heterocycles. The highest BCUT2D eigenvalue weighted by Crippen LogP contribution is 2.30. The summed E-state index contributed by atoms with van der Waals surface area (Å²) in [6.45, 7) is 0.557. The van der Waals surface area contributed by atoms with Gasteiger partial charge in [-0.2, -0.15) is 0 Å². The summed E-state index contributed by atoms with van der Waals surface area (Å²) in [6, 6.07) is 15.2. The predicted octanol–water partition coefficient (Wildman–Crippen LogP) is 2.95. The number of amides is 1. The van der Waals surface area contributed by atoms with Crippen LogP contribution in [0.1, 0.15) is 17.2 Å². The third-order valence-corrected chi connectivity index (χ3v) is 3.60. The average Bonchev–Trinajstić information content (AvgIpc) is 2.54. The Balaban J connectivity index is 1.84. The number of hydrogen-bond acceptors (Lipinski definition) is 3. The van der Waals surface area contributed by atoms with Crippen molar-refractivity contribution in [3.05, 3.63) is 59.7 Å². The second-order valence-corrected chi connectivity index (χ2v) is 4.89. The fourth-order valence-corrected chi connectivity index (χ4v) is 2.56. The number of fused-ring (bicyclic) bond motifs is 1. The molecule has 1 atom stereocenters. The first-order valence-electron chi connectivity index (χ1n) is 6.93. The van der Waals surface area contributed by atoms with E-state index < -0.39 is 6.10 Å². The number of rotatable bonds is 3. The number of carbonyl (C=O) groups excluding carboxylic acids is 1. The lowest BCUT2D eigenvalue weighted by molar-refractivity contribution is -0.128. The van der Waals surface area contributed by atoms with Gasteiger partial charge in [0, 0.05) is 0 Å². The molecule has 2 aromatic carbocycles. The maximum absolute atomic E-state index is 12.5. The average molecular weight is 283 g/mol. The quantitative estimate of drug-likeness (QED) is 0.942. The first kappa shape index (κ1) is 13.6. The molecule has 0 fully saturated rings. The maximum Gasteiger partial charge on any atom is 0.258 e. The number of carbonyl (C=O) groups is 1. The van der Waals surface area contributed by atoms with E-state index in [1.165, 1.54) is 5.56 Å². The highest BCUT2D eigenvalue weighted by atomic mass is 16.5. The van der Waals surface area contributed by atoms with Crippen LogP contribution in [0.4, 0.5) is 5.69 Å². The molecule has 1 amide bonds. The van der Waals surface area contributed by atoms with Gasteiger partial charge in [-0.1, -0.05) is 36.4 Å². The number of hydrogen-bond donors (Lipinski definition) is 1. The van der Waals surface area contributed by atoms with Crippen LogP contribution in [0, 0.1) is 0 Å². The molecule has 1 N–H and O–H groups in total. The van der Waals surface area contributed by atoms with Gasteiger partial charge in [0.1, 0.15) is 5.75 Å². The number of anilines is 1. The largest absolute Gasteiger partial charge is 0.495 e. The predicted molar refractivity (Wildman–Crippen MR) is 80.5 cm³/mol. The van der Waals surface area contributed by atoms with Crippen molar-refractivity contribution in [2.45, 2.75) is 12.5 Å². The van der Waals surface area contributed by atoms with Crippen LogP contribution in [0.2, 0.25) is 0 Å². The van der Waals surface area contributed by atoms with Gasteiger partial charge in [0.25, 0.3) is 5.91 Å². The molecule has 0 saturated heterocycles. The van der Waals surface area contributed by atoms with E-state index >= 15 is 0 Å². The second-order valence-electron chi connectivity index (χ2n) is 4.89. The van der Waals surface area contributed by atoms with Crippen LogP contribution in [0.25, 0.3) is 0 Å². The minimum Gasteiger partial charge on any atom is -0.495 e. The molecule has 3 rings (SSSR count). The van der Waals surface area contributed by atoms with Crippen molar-refractivity contribution >= 4 is 11.6 Å². The van der Waals surface area contributed by atoms with Gasteiger partial charge < -0.3 is 14.8 Å². The van der Waals surface area contributed by atoms with E-state index in [0.29, 0.717) is 18.0 Å². The van der Waals surface area contributed by atoms with Crippen LogP contribution in [-0.2, 0) is 16.0 Å². The third kappa shape index (κ3) is 2.76. The van der Waals surface area contributed by atoms with Gasteiger partial charge in [-0.05, 0) is 29.7 Å². The van der Waals surface area contributed by atoms with E-state index in [9.17, 15) is 4.79 Å². The molecule has 0 radical (unpaired) electrons. The van der Waals surface area contributed by atoms with Crippen LogP contribution >= 0.6 is 0 Å². The fourth-order valence-electron chi connectivity index (χ4n) is 2.56. The SMILES string of the molecule is COc1ccccc1NC(=O)C1OCCc2ccccc21. The zero-order valence-electron chi connectivity index (χ0n) is 11.8. The van der Waals surface area contributed by atoms with E-state index in [1.54, 1.807) is 7.11 Å². The minimum atomic E-state index is -0.570. The van der Waals surface area contributed by atoms with Gasteiger partial charge in [0.15, 0.2) is 6.10 Å². The molecule has 4 heteroatoms. The van der Waals surface area contributed by atoms with Crippen molar-refractivity contribution in [2.24, 2.45) is 0 Å². The van der Waals surface area contributed by atoms with Crippen LogP contribution in [-0.4, -0.2) is 19.6 Å². The Morgan fingerprint density at radius 1 is 1.19 bits per heavy atom. The van der Waals surface area contributed by atoms with E-state index in [2.05, 4.69) is 5.32 Å². The third-order valence-electron chi connectivity index (χ3n) is 3.60. The van der Waals surface area contributed by atoms with E-state index in [-0.39, 0.29) is 5.91 Å². The van der Waals surface area contributed by atoms with Gasteiger partial charge >= 0.3 is 0 Å². The summed E-state index contributed by atoms with van der Waals surface area (Å²) < 4.78 is 10.9. The van der Waals surface area contributed by atoms with E-state index in [4.69, 9.17) is 9.47 Å². The summed E-state index contributed by atoms with van der Waals surface area (Å²) in [4.78, 5) is 12.5. The molecule has 0 saturated carbocycles.